The Balaban J connectivity index is 2.32. The molecular weight excluding hydrogens is 328 g/mol. The second kappa shape index (κ2) is 9.34. The van der Waals surface area contributed by atoms with Crippen molar-refractivity contribution in [3.63, 3.8) is 0 Å². The van der Waals surface area contributed by atoms with Crippen molar-refractivity contribution in [3.8, 4) is 0 Å². The average molecular weight is 356 g/mol. The van der Waals surface area contributed by atoms with Crippen molar-refractivity contribution in [2.75, 3.05) is 13.2 Å². The minimum Gasteiger partial charge on any atom is -0.395 e. The summed E-state index contributed by atoms with van der Waals surface area (Å²) in [5.74, 6) is 0.149. The number of hydrogen-bond donors (Lipinski definition) is 1. The summed E-state index contributed by atoms with van der Waals surface area (Å²) in [5.41, 5.74) is 1.56. The fourth-order valence-corrected chi connectivity index (χ4v) is 2.83. The van der Waals surface area contributed by atoms with Gasteiger partial charge in [0, 0.05) is 25.8 Å². The quantitative estimate of drug-likeness (QED) is 0.791. The number of aryl methyl sites for hydroxylation is 2. The molecule has 5 heteroatoms. The van der Waals surface area contributed by atoms with Gasteiger partial charge in [-0.3, -0.25) is 9.59 Å². The minimum absolute atomic E-state index is 0.147. The number of hydrogen-bond acceptors (Lipinski definition) is 3. The van der Waals surface area contributed by atoms with Gasteiger partial charge >= 0.3 is 0 Å². The van der Waals surface area contributed by atoms with Crippen LogP contribution in [0.25, 0.3) is 0 Å². The third-order valence-electron chi connectivity index (χ3n) is 4.41. The number of carbonyl (C=O) groups excluding carboxylic acids is 1. The molecule has 0 saturated carbocycles. The van der Waals surface area contributed by atoms with Gasteiger partial charge in [-0.15, -0.1) is 0 Å². The smallest absolute Gasteiger partial charge is 0.263 e. The minimum atomic E-state index is -0.329. The maximum atomic E-state index is 13.1. The lowest BCUT2D eigenvalue weighted by atomic mass is 10.1. The first-order valence-electron chi connectivity index (χ1n) is 9.08. The van der Waals surface area contributed by atoms with Crippen LogP contribution in [-0.4, -0.2) is 33.6 Å². The number of amides is 1. The lowest BCUT2D eigenvalue weighted by Gasteiger charge is -2.23. The second-order valence-corrected chi connectivity index (χ2v) is 6.99. The van der Waals surface area contributed by atoms with Crippen molar-refractivity contribution in [1.29, 1.82) is 0 Å². The van der Waals surface area contributed by atoms with Crippen LogP contribution >= 0.6 is 0 Å². The van der Waals surface area contributed by atoms with Crippen LogP contribution in [-0.2, 0) is 13.1 Å². The van der Waals surface area contributed by atoms with Crippen LogP contribution < -0.4 is 5.56 Å². The van der Waals surface area contributed by atoms with E-state index in [1.807, 2.05) is 36.4 Å². The summed E-state index contributed by atoms with van der Waals surface area (Å²) in [6.45, 7) is 6.98. The van der Waals surface area contributed by atoms with E-state index in [2.05, 4.69) is 13.8 Å². The van der Waals surface area contributed by atoms with Gasteiger partial charge in [-0.2, -0.15) is 0 Å². The van der Waals surface area contributed by atoms with Gasteiger partial charge in [0.2, 0.25) is 0 Å². The van der Waals surface area contributed by atoms with E-state index in [-0.39, 0.29) is 30.2 Å². The molecule has 0 bridgehead atoms. The van der Waals surface area contributed by atoms with E-state index in [1.165, 1.54) is 4.90 Å². The SMILES string of the molecule is Cc1ccn(CCC(C)C)c(=O)c1C(=O)N(CCO)Cc1ccccc1. The Morgan fingerprint density at radius 2 is 1.88 bits per heavy atom. The van der Waals surface area contributed by atoms with E-state index in [0.29, 0.717) is 24.6 Å². The van der Waals surface area contributed by atoms with Crippen LogP contribution in [0.2, 0.25) is 0 Å². The van der Waals surface area contributed by atoms with Crippen LogP contribution in [0.5, 0.6) is 0 Å². The number of rotatable bonds is 8. The zero-order valence-electron chi connectivity index (χ0n) is 15.8. The highest BCUT2D eigenvalue weighted by Crippen LogP contribution is 2.11. The van der Waals surface area contributed by atoms with E-state index < -0.39 is 0 Å². The van der Waals surface area contributed by atoms with Gasteiger partial charge in [0.1, 0.15) is 5.56 Å². The largest absolute Gasteiger partial charge is 0.395 e. The Morgan fingerprint density at radius 1 is 1.19 bits per heavy atom. The molecule has 1 aromatic carbocycles. The van der Waals surface area contributed by atoms with E-state index in [0.717, 1.165) is 12.0 Å². The Bertz CT molecular complexity index is 782. The summed E-state index contributed by atoms with van der Waals surface area (Å²) < 4.78 is 1.61. The van der Waals surface area contributed by atoms with Crippen molar-refractivity contribution in [1.82, 2.24) is 9.47 Å². The molecule has 2 rings (SSSR count). The van der Waals surface area contributed by atoms with Gasteiger partial charge < -0.3 is 14.6 Å². The maximum Gasteiger partial charge on any atom is 0.263 e. The maximum absolute atomic E-state index is 13.1. The predicted molar refractivity (Wildman–Crippen MR) is 103 cm³/mol. The number of aliphatic hydroxyl groups excluding tert-OH is 1. The van der Waals surface area contributed by atoms with E-state index in [1.54, 1.807) is 17.7 Å². The number of aromatic nitrogens is 1. The third kappa shape index (κ3) is 5.05. The zero-order chi connectivity index (χ0) is 19.1. The van der Waals surface area contributed by atoms with Crippen molar-refractivity contribution in [2.45, 2.75) is 40.3 Å². The van der Waals surface area contributed by atoms with Crippen LogP contribution in [0.15, 0.2) is 47.4 Å². The Morgan fingerprint density at radius 3 is 2.50 bits per heavy atom. The number of pyridine rings is 1. The summed E-state index contributed by atoms with van der Waals surface area (Å²) >= 11 is 0. The summed E-state index contributed by atoms with van der Waals surface area (Å²) in [7, 11) is 0. The first-order valence-corrected chi connectivity index (χ1v) is 9.08. The number of carbonyl (C=O) groups is 1. The molecule has 0 fully saturated rings. The van der Waals surface area contributed by atoms with E-state index in [4.69, 9.17) is 0 Å². The standard InChI is InChI=1S/C21H28N2O3/c1-16(2)9-11-22-12-10-17(3)19(20(22)25)21(26)23(13-14-24)15-18-7-5-4-6-8-18/h4-8,10,12,16,24H,9,11,13-15H2,1-3H3. The molecule has 1 heterocycles. The fraction of sp³-hybridized carbons (Fsp3) is 0.429. The Hall–Kier alpha value is -2.40. The van der Waals surface area contributed by atoms with Gasteiger partial charge in [0.05, 0.1) is 6.61 Å². The van der Waals surface area contributed by atoms with Gasteiger partial charge in [-0.05, 0) is 36.5 Å². The molecule has 0 aliphatic heterocycles. The predicted octanol–water partition coefficient (Wildman–Crippen LogP) is 2.84. The van der Waals surface area contributed by atoms with Crippen molar-refractivity contribution >= 4 is 5.91 Å². The van der Waals surface area contributed by atoms with Crippen molar-refractivity contribution < 1.29 is 9.90 Å². The molecule has 1 aromatic heterocycles. The van der Waals surface area contributed by atoms with Crippen LogP contribution in [0.3, 0.4) is 0 Å². The van der Waals surface area contributed by atoms with Gasteiger partial charge in [0.25, 0.3) is 11.5 Å². The molecule has 0 radical (unpaired) electrons. The topological polar surface area (TPSA) is 62.5 Å². The third-order valence-corrected chi connectivity index (χ3v) is 4.41. The number of aliphatic hydroxyl groups is 1. The van der Waals surface area contributed by atoms with Gasteiger partial charge in [0.15, 0.2) is 0 Å². The molecule has 0 unspecified atom stereocenters. The molecule has 0 atom stereocenters. The number of nitrogens with zero attached hydrogens (tertiary/aromatic N) is 2. The lowest BCUT2D eigenvalue weighted by Crippen LogP contribution is -2.38. The molecule has 5 nitrogen and oxygen atoms in total. The van der Waals surface area contributed by atoms with E-state index >= 15 is 0 Å². The van der Waals surface area contributed by atoms with Crippen LogP contribution in [0.1, 0.15) is 41.8 Å². The lowest BCUT2D eigenvalue weighted by molar-refractivity contribution is 0.0704. The molecule has 1 N–H and O–H groups in total. The summed E-state index contributed by atoms with van der Waals surface area (Å²) in [6.07, 6.45) is 2.63. The molecule has 0 aliphatic carbocycles. The van der Waals surface area contributed by atoms with E-state index in [9.17, 15) is 14.7 Å². The van der Waals surface area contributed by atoms with Gasteiger partial charge in [-0.25, -0.2) is 0 Å². The molecule has 0 spiro atoms. The molecule has 0 aliphatic rings. The first kappa shape index (κ1) is 19.9. The monoisotopic (exact) mass is 356 g/mol. The highest BCUT2D eigenvalue weighted by molar-refractivity contribution is 5.95. The zero-order valence-corrected chi connectivity index (χ0v) is 15.8. The van der Waals surface area contributed by atoms with Gasteiger partial charge in [-0.1, -0.05) is 44.2 Å². The van der Waals surface area contributed by atoms with Crippen LogP contribution in [0.4, 0.5) is 0 Å². The average Bonchev–Trinajstić information content (AvgIpc) is 2.61. The first-order chi connectivity index (χ1) is 12.4. The summed E-state index contributed by atoms with van der Waals surface area (Å²) in [4.78, 5) is 27.5. The Labute approximate surface area is 154 Å². The van der Waals surface area contributed by atoms with Crippen LogP contribution in [0, 0.1) is 12.8 Å². The van der Waals surface area contributed by atoms with Crippen molar-refractivity contribution in [2.24, 2.45) is 5.92 Å². The summed E-state index contributed by atoms with van der Waals surface area (Å²) in [6, 6.07) is 11.4. The Kier molecular flexibility index (Phi) is 7.16. The second-order valence-electron chi connectivity index (χ2n) is 6.99. The molecule has 1 amide bonds. The molecular formula is C21H28N2O3. The number of benzene rings is 1. The van der Waals surface area contributed by atoms with Crippen molar-refractivity contribution in [3.05, 3.63) is 69.6 Å². The fourth-order valence-electron chi connectivity index (χ4n) is 2.83. The molecule has 26 heavy (non-hydrogen) atoms. The normalized spacial score (nSPS) is 11.0. The highest BCUT2D eigenvalue weighted by Gasteiger charge is 2.22. The molecule has 2 aromatic rings. The molecule has 140 valence electrons. The molecule has 0 saturated heterocycles. The highest BCUT2D eigenvalue weighted by atomic mass is 16.3. The summed E-state index contributed by atoms with van der Waals surface area (Å²) in [5, 5.41) is 9.37.